The first-order chi connectivity index (χ1) is 9.49. The zero-order valence-corrected chi connectivity index (χ0v) is 11.2. The van der Waals surface area contributed by atoms with E-state index in [1.807, 2.05) is 32.0 Å². The lowest BCUT2D eigenvalue weighted by Crippen LogP contribution is -2.01. The van der Waals surface area contributed by atoms with E-state index in [1.165, 1.54) is 0 Å². The third-order valence-corrected chi connectivity index (χ3v) is 2.82. The fourth-order valence-electron chi connectivity index (χ4n) is 2.09. The summed E-state index contributed by atoms with van der Waals surface area (Å²) in [5.41, 5.74) is 2.89. The van der Waals surface area contributed by atoms with Crippen LogP contribution < -0.4 is 4.74 Å². The van der Waals surface area contributed by atoms with Gasteiger partial charge in [0.05, 0.1) is 0 Å². The Morgan fingerprint density at radius 3 is 2.05 bits per heavy atom. The van der Waals surface area contributed by atoms with Crippen LogP contribution >= 0.6 is 0 Å². The quantitative estimate of drug-likeness (QED) is 0.790. The number of carbonyl (C=O) groups excluding carboxylic acids is 1. The van der Waals surface area contributed by atoms with Crippen molar-refractivity contribution in [3.05, 3.63) is 64.2 Å². The van der Waals surface area contributed by atoms with Crippen molar-refractivity contribution in [3.63, 3.8) is 0 Å². The Bertz CT molecular complexity index is 608. The molecule has 0 aliphatic carbocycles. The molecule has 0 aliphatic rings. The molecule has 2 rings (SSSR count). The summed E-state index contributed by atoms with van der Waals surface area (Å²) >= 11 is 0. The molecular weight excluding hydrogens is 262 g/mol. The summed E-state index contributed by atoms with van der Waals surface area (Å²) in [5, 5.41) is 0. The van der Waals surface area contributed by atoms with Crippen molar-refractivity contribution in [1.29, 1.82) is 0 Å². The van der Waals surface area contributed by atoms with Crippen LogP contribution in [0.1, 0.15) is 27.0 Å². The van der Waals surface area contributed by atoms with Crippen LogP contribution in [0.4, 0.5) is 8.78 Å². The summed E-state index contributed by atoms with van der Waals surface area (Å²) in [6.07, 6.45) is 0.389. The fourth-order valence-corrected chi connectivity index (χ4v) is 2.09. The molecule has 0 aliphatic heterocycles. The summed E-state index contributed by atoms with van der Waals surface area (Å²) < 4.78 is 32.5. The standard InChI is InChI=1S/C16H14F2O2/c1-10-3-11(2)5-13(4-10)9-20-16-14(17)6-12(8-19)7-15(16)18/h3-8H,9H2,1-2H3. The molecule has 4 heteroatoms. The fraction of sp³-hybridized carbons (Fsp3) is 0.188. The first kappa shape index (κ1) is 14.2. The Labute approximate surface area is 116 Å². The molecule has 104 valence electrons. The van der Waals surface area contributed by atoms with Gasteiger partial charge in [0.2, 0.25) is 0 Å². The van der Waals surface area contributed by atoms with Gasteiger partial charge in [0.1, 0.15) is 12.9 Å². The van der Waals surface area contributed by atoms with Crippen LogP contribution in [0.2, 0.25) is 0 Å². The van der Waals surface area contributed by atoms with Gasteiger partial charge in [-0.3, -0.25) is 4.79 Å². The lowest BCUT2D eigenvalue weighted by molar-refractivity contribution is 0.112. The number of aldehydes is 1. The van der Waals surface area contributed by atoms with Crippen molar-refractivity contribution in [2.45, 2.75) is 20.5 Å². The van der Waals surface area contributed by atoms with E-state index in [9.17, 15) is 13.6 Å². The maximum Gasteiger partial charge on any atom is 0.191 e. The van der Waals surface area contributed by atoms with Gasteiger partial charge < -0.3 is 4.74 Å². The van der Waals surface area contributed by atoms with Crippen molar-refractivity contribution in [3.8, 4) is 5.75 Å². The van der Waals surface area contributed by atoms with Gasteiger partial charge >= 0.3 is 0 Å². The molecule has 0 saturated heterocycles. The Morgan fingerprint density at radius 1 is 1.00 bits per heavy atom. The second-order valence-electron chi connectivity index (χ2n) is 4.72. The molecule has 2 aromatic rings. The van der Waals surface area contributed by atoms with E-state index in [4.69, 9.17) is 4.74 Å². The van der Waals surface area contributed by atoms with E-state index in [-0.39, 0.29) is 12.2 Å². The van der Waals surface area contributed by atoms with Crippen LogP contribution in [0, 0.1) is 25.5 Å². The predicted molar refractivity (Wildman–Crippen MR) is 72.0 cm³/mol. The first-order valence-electron chi connectivity index (χ1n) is 6.14. The van der Waals surface area contributed by atoms with Gasteiger partial charge in [-0.1, -0.05) is 29.3 Å². The monoisotopic (exact) mass is 276 g/mol. The van der Waals surface area contributed by atoms with Crippen molar-refractivity contribution in [2.75, 3.05) is 0 Å². The lowest BCUT2D eigenvalue weighted by atomic mass is 10.1. The number of aryl methyl sites for hydroxylation is 2. The molecule has 2 nitrogen and oxygen atoms in total. The minimum atomic E-state index is -0.878. The third kappa shape index (κ3) is 3.20. The SMILES string of the molecule is Cc1cc(C)cc(COc2c(F)cc(C=O)cc2F)c1. The number of benzene rings is 2. The van der Waals surface area contributed by atoms with E-state index in [0.29, 0.717) is 6.29 Å². The van der Waals surface area contributed by atoms with E-state index in [2.05, 4.69) is 0 Å². The van der Waals surface area contributed by atoms with Crippen molar-refractivity contribution < 1.29 is 18.3 Å². The topological polar surface area (TPSA) is 26.3 Å². The van der Waals surface area contributed by atoms with Crippen molar-refractivity contribution >= 4 is 6.29 Å². The highest BCUT2D eigenvalue weighted by Crippen LogP contribution is 2.24. The zero-order chi connectivity index (χ0) is 14.7. The maximum absolute atomic E-state index is 13.6. The first-order valence-corrected chi connectivity index (χ1v) is 6.14. The summed E-state index contributed by atoms with van der Waals surface area (Å²) in [6, 6.07) is 7.69. The molecule has 2 aromatic carbocycles. The zero-order valence-electron chi connectivity index (χ0n) is 11.2. The highest BCUT2D eigenvalue weighted by molar-refractivity contribution is 5.75. The molecule has 20 heavy (non-hydrogen) atoms. The third-order valence-electron chi connectivity index (χ3n) is 2.82. The van der Waals surface area contributed by atoms with Crippen molar-refractivity contribution in [1.82, 2.24) is 0 Å². The Balaban J connectivity index is 2.20. The van der Waals surface area contributed by atoms with Gasteiger partial charge in [-0.25, -0.2) is 8.78 Å². The summed E-state index contributed by atoms with van der Waals surface area (Å²) in [5.74, 6) is -2.22. The number of hydrogen-bond donors (Lipinski definition) is 0. The number of halogens is 2. The summed E-state index contributed by atoms with van der Waals surface area (Å²) in [7, 11) is 0. The van der Waals surface area contributed by atoms with Crippen LogP contribution in [0.25, 0.3) is 0 Å². The minimum absolute atomic E-state index is 0.0567. The maximum atomic E-state index is 13.6. The smallest absolute Gasteiger partial charge is 0.191 e. The van der Waals surface area contributed by atoms with Gasteiger partial charge in [-0.15, -0.1) is 0 Å². The van der Waals surface area contributed by atoms with E-state index < -0.39 is 17.4 Å². The lowest BCUT2D eigenvalue weighted by Gasteiger charge is -2.10. The second kappa shape index (κ2) is 5.82. The van der Waals surface area contributed by atoms with E-state index >= 15 is 0 Å². The van der Waals surface area contributed by atoms with Gasteiger partial charge in [0.25, 0.3) is 0 Å². The summed E-state index contributed by atoms with van der Waals surface area (Å²) in [4.78, 5) is 10.5. The van der Waals surface area contributed by atoms with E-state index in [1.54, 1.807) is 0 Å². The molecule has 0 radical (unpaired) electrons. The van der Waals surface area contributed by atoms with Crippen LogP contribution in [-0.4, -0.2) is 6.29 Å². The molecule has 0 aromatic heterocycles. The molecule has 0 fully saturated rings. The number of carbonyl (C=O) groups is 1. The minimum Gasteiger partial charge on any atom is -0.483 e. The largest absolute Gasteiger partial charge is 0.483 e. The number of ether oxygens (including phenoxy) is 1. The molecule has 0 unspecified atom stereocenters. The molecule has 0 bridgehead atoms. The molecule has 0 heterocycles. The number of rotatable bonds is 4. The molecular formula is C16H14F2O2. The highest BCUT2D eigenvalue weighted by atomic mass is 19.1. The Kier molecular flexibility index (Phi) is 4.13. The average Bonchev–Trinajstić information content (AvgIpc) is 2.36. The molecule has 0 N–H and O–H groups in total. The van der Waals surface area contributed by atoms with Gasteiger partial charge in [-0.05, 0) is 31.5 Å². The average molecular weight is 276 g/mol. The highest BCUT2D eigenvalue weighted by Gasteiger charge is 2.12. The van der Waals surface area contributed by atoms with Crippen LogP contribution in [-0.2, 0) is 6.61 Å². The Morgan fingerprint density at radius 2 is 1.55 bits per heavy atom. The molecule has 0 saturated carbocycles. The van der Waals surface area contributed by atoms with Gasteiger partial charge in [0.15, 0.2) is 17.4 Å². The van der Waals surface area contributed by atoms with Crippen molar-refractivity contribution in [2.24, 2.45) is 0 Å². The summed E-state index contributed by atoms with van der Waals surface area (Å²) in [6.45, 7) is 3.95. The molecule has 0 spiro atoms. The van der Waals surface area contributed by atoms with Crippen LogP contribution in [0.3, 0.4) is 0 Å². The number of hydrogen-bond acceptors (Lipinski definition) is 2. The normalized spacial score (nSPS) is 10.4. The van der Waals surface area contributed by atoms with Crippen LogP contribution in [0.15, 0.2) is 30.3 Å². The predicted octanol–water partition coefficient (Wildman–Crippen LogP) is 3.97. The van der Waals surface area contributed by atoms with Gasteiger partial charge in [0, 0.05) is 5.56 Å². The Hall–Kier alpha value is -2.23. The molecule has 0 atom stereocenters. The van der Waals surface area contributed by atoms with E-state index in [0.717, 1.165) is 28.8 Å². The second-order valence-corrected chi connectivity index (χ2v) is 4.72. The van der Waals surface area contributed by atoms with Crippen LogP contribution in [0.5, 0.6) is 5.75 Å². The molecule has 0 amide bonds. The van der Waals surface area contributed by atoms with Gasteiger partial charge in [-0.2, -0.15) is 0 Å².